The second-order valence-electron chi connectivity index (χ2n) is 2.94. The van der Waals surface area contributed by atoms with Crippen LogP contribution in [0, 0.1) is 11.8 Å². The fourth-order valence-corrected chi connectivity index (χ4v) is 1.33. The van der Waals surface area contributed by atoms with Gasteiger partial charge < -0.3 is 4.74 Å². The van der Waals surface area contributed by atoms with E-state index in [-0.39, 0.29) is 0 Å². The molecule has 0 saturated carbocycles. The van der Waals surface area contributed by atoms with Crippen LogP contribution in [-0.4, -0.2) is 18.6 Å². The van der Waals surface area contributed by atoms with E-state index in [9.17, 15) is 0 Å². The van der Waals surface area contributed by atoms with Gasteiger partial charge in [-0.25, -0.2) is 0 Å². The summed E-state index contributed by atoms with van der Waals surface area (Å²) < 4.78 is 5.28. The lowest BCUT2D eigenvalue weighted by Crippen LogP contribution is -2.33. The lowest BCUT2D eigenvalue weighted by molar-refractivity contribution is 0.0307. The zero-order chi connectivity index (χ0) is 6.85. The van der Waals surface area contributed by atoms with E-state index in [0.29, 0.717) is 17.2 Å². The molecule has 1 nitrogen and oxygen atoms in total. The van der Waals surface area contributed by atoms with Gasteiger partial charge in [-0.2, -0.15) is 0 Å². The van der Waals surface area contributed by atoms with Gasteiger partial charge in [0.2, 0.25) is 0 Å². The first-order chi connectivity index (χ1) is 4.22. The average molecular weight is 149 g/mol. The molecule has 1 rings (SSSR count). The van der Waals surface area contributed by atoms with Gasteiger partial charge in [-0.05, 0) is 11.8 Å². The maximum absolute atomic E-state index is 6.04. The fraction of sp³-hybridized carbons (Fsp3) is 1.00. The third-order valence-electron chi connectivity index (χ3n) is 1.85. The summed E-state index contributed by atoms with van der Waals surface area (Å²) in [5, 5.41) is 0.318. The molecular weight excluding hydrogens is 136 g/mol. The Labute approximate surface area is 61.3 Å². The Bertz CT molecular complexity index is 84.9. The molecule has 1 saturated heterocycles. The maximum Gasteiger partial charge on any atom is 0.0506 e. The van der Waals surface area contributed by atoms with Crippen LogP contribution in [0.25, 0.3) is 0 Å². The summed E-state index contributed by atoms with van der Waals surface area (Å²) in [6.07, 6.45) is 0. The van der Waals surface area contributed by atoms with Gasteiger partial charge in [-0.3, -0.25) is 0 Å². The Balaban J connectivity index is 2.41. The predicted octanol–water partition coefficient (Wildman–Crippen LogP) is 1.90. The highest BCUT2D eigenvalue weighted by atomic mass is 35.5. The Hall–Kier alpha value is 0.250. The quantitative estimate of drug-likeness (QED) is 0.477. The molecule has 0 spiro atoms. The van der Waals surface area contributed by atoms with E-state index in [4.69, 9.17) is 16.3 Å². The van der Waals surface area contributed by atoms with Gasteiger partial charge in [0, 0.05) is 5.38 Å². The van der Waals surface area contributed by atoms with Crippen molar-refractivity contribution in [2.75, 3.05) is 13.2 Å². The summed E-state index contributed by atoms with van der Waals surface area (Å²) in [6.45, 7) is 5.93. The molecule has 1 aliphatic rings. The molecule has 2 heteroatoms. The van der Waals surface area contributed by atoms with Crippen molar-refractivity contribution in [1.82, 2.24) is 0 Å². The number of rotatable bonds is 0. The minimum atomic E-state index is 0.318. The molecule has 0 aromatic heterocycles. The first-order valence-electron chi connectivity index (χ1n) is 3.43. The van der Waals surface area contributed by atoms with E-state index in [1.54, 1.807) is 0 Å². The van der Waals surface area contributed by atoms with Crippen LogP contribution in [0.3, 0.4) is 0 Å². The number of halogens is 1. The van der Waals surface area contributed by atoms with Gasteiger partial charge in [0.05, 0.1) is 13.2 Å². The molecule has 1 aliphatic heterocycles. The van der Waals surface area contributed by atoms with Crippen molar-refractivity contribution in [2.24, 2.45) is 11.8 Å². The highest BCUT2D eigenvalue weighted by molar-refractivity contribution is 6.21. The standard InChI is InChI=1S/C7H13ClO/c1-5-3-9-4-6(2)7(5)8/h5-7H,3-4H2,1-2H3. The third kappa shape index (κ3) is 1.59. The van der Waals surface area contributed by atoms with Crippen LogP contribution in [0.5, 0.6) is 0 Å². The fourth-order valence-electron chi connectivity index (χ4n) is 1.18. The van der Waals surface area contributed by atoms with Crippen LogP contribution < -0.4 is 0 Å². The summed E-state index contributed by atoms with van der Waals surface area (Å²) >= 11 is 6.04. The topological polar surface area (TPSA) is 9.23 Å². The smallest absolute Gasteiger partial charge is 0.0506 e. The summed E-state index contributed by atoms with van der Waals surface area (Å²) in [5.74, 6) is 1.05. The maximum atomic E-state index is 6.04. The Morgan fingerprint density at radius 1 is 1.22 bits per heavy atom. The average Bonchev–Trinajstić information content (AvgIpc) is 1.83. The third-order valence-corrected chi connectivity index (χ3v) is 2.71. The minimum absolute atomic E-state index is 0.318. The summed E-state index contributed by atoms with van der Waals surface area (Å²) in [7, 11) is 0. The van der Waals surface area contributed by atoms with E-state index in [1.807, 2.05) is 0 Å². The zero-order valence-corrected chi connectivity index (χ0v) is 6.69. The molecule has 0 aromatic rings. The van der Waals surface area contributed by atoms with Gasteiger partial charge >= 0.3 is 0 Å². The van der Waals surface area contributed by atoms with E-state index in [1.165, 1.54) is 0 Å². The van der Waals surface area contributed by atoms with Crippen LogP contribution in [0.1, 0.15) is 13.8 Å². The van der Waals surface area contributed by atoms with Gasteiger partial charge in [0.25, 0.3) is 0 Å². The highest BCUT2D eigenvalue weighted by Crippen LogP contribution is 2.24. The largest absolute Gasteiger partial charge is 0.381 e. The van der Waals surface area contributed by atoms with Crippen molar-refractivity contribution in [3.05, 3.63) is 0 Å². The molecule has 0 N–H and O–H groups in total. The molecule has 0 aliphatic carbocycles. The van der Waals surface area contributed by atoms with Crippen molar-refractivity contribution >= 4 is 11.6 Å². The van der Waals surface area contributed by atoms with Crippen LogP contribution in [0.2, 0.25) is 0 Å². The summed E-state index contributed by atoms with van der Waals surface area (Å²) in [4.78, 5) is 0. The van der Waals surface area contributed by atoms with Crippen molar-refractivity contribution in [3.8, 4) is 0 Å². The first-order valence-corrected chi connectivity index (χ1v) is 3.87. The van der Waals surface area contributed by atoms with Crippen LogP contribution in [0.4, 0.5) is 0 Å². The lowest BCUT2D eigenvalue weighted by atomic mass is 9.96. The molecule has 0 aromatic carbocycles. The molecule has 2 atom stereocenters. The second kappa shape index (κ2) is 2.89. The first kappa shape index (κ1) is 7.36. The monoisotopic (exact) mass is 148 g/mol. The molecular formula is C7H13ClO. The van der Waals surface area contributed by atoms with Crippen molar-refractivity contribution in [3.63, 3.8) is 0 Å². The number of ether oxygens (including phenoxy) is 1. The highest BCUT2D eigenvalue weighted by Gasteiger charge is 2.25. The van der Waals surface area contributed by atoms with Crippen molar-refractivity contribution in [1.29, 1.82) is 0 Å². The molecule has 2 unspecified atom stereocenters. The molecule has 0 bridgehead atoms. The van der Waals surface area contributed by atoms with Gasteiger partial charge in [0.1, 0.15) is 0 Å². The molecule has 0 amide bonds. The van der Waals surface area contributed by atoms with E-state index in [2.05, 4.69) is 13.8 Å². The van der Waals surface area contributed by atoms with E-state index < -0.39 is 0 Å². The number of hydrogen-bond donors (Lipinski definition) is 0. The summed E-state index contributed by atoms with van der Waals surface area (Å²) in [5.41, 5.74) is 0. The van der Waals surface area contributed by atoms with E-state index >= 15 is 0 Å². The Kier molecular flexibility index (Phi) is 2.36. The molecule has 9 heavy (non-hydrogen) atoms. The van der Waals surface area contributed by atoms with Crippen LogP contribution >= 0.6 is 11.6 Å². The second-order valence-corrected chi connectivity index (χ2v) is 3.44. The molecule has 1 heterocycles. The summed E-state index contributed by atoms with van der Waals surface area (Å²) in [6, 6.07) is 0. The zero-order valence-electron chi connectivity index (χ0n) is 5.93. The van der Waals surface area contributed by atoms with E-state index in [0.717, 1.165) is 13.2 Å². The lowest BCUT2D eigenvalue weighted by Gasteiger charge is -2.29. The van der Waals surface area contributed by atoms with Gasteiger partial charge in [-0.15, -0.1) is 11.6 Å². The Morgan fingerprint density at radius 2 is 1.67 bits per heavy atom. The minimum Gasteiger partial charge on any atom is -0.381 e. The SMILES string of the molecule is CC1COCC(C)C1Cl. The van der Waals surface area contributed by atoms with Crippen molar-refractivity contribution < 1.29 is 4.74 Å². The number of alkyl halides is 1. The molecule has 0 radical (unpaired) electrons. The van der Waals surface area contributed by atoms with Crippen LogP contribution in [-0.2, 0) is 4.74 Å². The Morgan fingerprint density at radius 3 is 2.00 bits per heavy atom. The normalized spacial score (nSPS) is 45.0. The van der Waals surface area contributed by atoms with Gasteiger partial charge in [-0.1, -0.05) is 13.8 Å². The molecule has 1 fully saturated rings. The molecule has 54 valence electrons. The van der Waals surface area contributed by atoms with Crippen molar-refractivity contribution in [2.45, 2.75) is 19.2 Å². The number of hydrogen-bond acceptors (Lipinski definition) is 1. The predicted molar refractivity (Wildman–Crippen MR) is 38.8 cm³/mol. The van der Waals surface area contributed by atoms with Crippen LogP contribution in [0.15, 0.2) is 0 Å². The van der Waals surface area contributed by atoms with Gasteiger partial charge in [0.15, 0.2) is 0 Å².